The van der Waals surface area contributed by atoms with Crippen molar-refractivity contribution in [3.63, 3.8) is 0 Å². The van der Waals surface area contributed by atoms with Gasteiger partial charge in [0.1, 0.15) is 0 Å². The fraction of sp³-hybridized carbons (Fsp3) is 0.357. The quantitative estimate of drug-likeness (QED) is 0.590. The molecule has 0 aromatic heterocycles. The van der Waals surface area contributed by atoms with Crippen molar-refractivity contribution in [1.29, 1.82) is 0 Å². The summed E-state index contributed by atoms with van der Waals surface area (Å²) >= 11 is 0. The number of benzene rings is 1. The van der Waals surface area contributed by atoms with Gasteiger partial charge in [-0.2, -0.15) is 0 Å². The third-order valence-electron chi connectivity index (χ3n) is 2.59. The summed E-state index contributed by atoms with van der Waals surface area (Å²) in [6.45, 7) is 2.11. The van der Waals surface area contributed by atoms with Crippen LogP contribution in [-0.4, -0.2) is 37.5 Å². The van der Waals surface area contributed by atoms with Crippen LogP contribution in [0.4, 0.5) is 0 Å². The highest BCUT2D eigenvalue weighted by atomic mass is 16.5. The number of ether oxygens (including phenoxy) is 1. The molecule has 1 aromatic carbocycles. The Labute approximate surface area is 122 Å². The lowest BCUT2D eigenvalue weighted by Crippen LogP contribution is -2.39. The molecule has 0 atom stereocenters. The first-order valence-electron chi connectivity index (χ1n) is 6.56. The molecule has 0 aliphatic heterocycles. The van der Waals surface area contributed by atoms with E-state index >= 15 is 0 Å². The minimum Gasteiger partial charge on any atom is -0.462 e. The first-order chi connectivity index (χ1) is 10.1. The van der Waals surface area contributed by atoms with Crippen LogP contribution in [0.1, 0.15) is 22.8 Å². The molecule has 0 saturated carbocycles. The summed E-state index contributed by atoms with van der Waals surface area (Å²) in [5.74, 6) is -1.08. The van der Waals surface area contributed by atoms with Crippen molar-refractivity contribution in [2.45, 2.75) is 13.5 Å². The lowest BCUT2D eigenvalue weighted by atomic mass is 10.1. The van der Waals surface area contributed by atoms with Crippen molar-refractivity contribution in [3.05, 3.63) is 35.4 Å². The van der Waals surface area contributed by atoms with Crippen molar-refractivity contribution >= 4 is 17.8 Å². The molecule has 4 N–H and O–H groups in total. The predicted molar refractivity (Wildman–Crippen MR) is 76.3 cm³/mol. The predicted octanol–water partition coefficient (Wildman–Crippen LogP) is -0.446. The highest BCUT2D eigenvalue weighted by molar-refractivity contribution is 5.89. The number of hydrogen-bond acceptors (Lipinski definition) is 5. The third kappa shape index (κ3) is 6.05. The SMILES string of the molecule is CCOC(=O)c1ccc(CNC(=O)CNC(=O)CN)cc1. The summed E-state index contributed by atoms with van der Waals surface area (Å²) in [4.78, 5) is 33.8. The molecule has 0 unspecified atom stereocenters. The van der Waals surface area contributed by atoms with Crippen LogP contribution in [0.3, 0.4) is 0 Å². The van der Waals surface area contributed by atoms with Crippen LogP contribution in [-0.2, 0) is 20.9 Å². The highest BCUT2D eigenvalue weighted by Gasteiger charge is 2.07. The summed E-state index contributed by atoms with van der Waals surface area (Å²) < 4.78 is 4.87. The Balaban J connectivity index is 2.40. The maximum atomic E-state index is 11.5. The molecule has 0 aliphatic carbocycles. The average molecular weight is 293 g/mol. The van der Waals surface area contributed by atoms with Crippen molar-refractivity contribution in [1.82, 2.24) is 10.6 Å². The first kappa shape index (κ1) is 16.6. The second-order valence-electron chi connectivity index (χ2n) is 4.17. The summed E-state index contributed by atoms with van der Waals surface area (Å²) in [7, 11) is 0. The number of esters is 1. The minimum atomic E-state index is -0.385. The number of carbonyl (C=O) groups is 3. The minimum absolute atomic E-state index is 0.114. The Kier molecular flexibility index (Phi) is 6.90. The maximum absolute atomic E-state index is 11.5. The molecule has 2 amide bonds. The van der Waals surface area contributed by atoms with Crippen molar-refractivity contribution in [2.75, 3.05) is 19.7 Å². The van der Waals surface area contributed by atoms with Gasteiger partial charge in [-0.1, -0.05) is 12.1 Å². The molecule has 0 spiro atoms. The molecule has 1 rings (SSSR count). The van der Waals surface area contributed by atoms with Gasteiger partial charge in [0.25, 0.3) is 0 Å². The van der Waals surface area contributed by atoms with Crippen LogP contribution < -0.4 is 16.4 Å². The van der Waals surface area contributed by atoms with Gasteiger partial charge in [-0.3, -0.25) is 9.59 Å². The summed E-state index contributed by atoms with van der Waals surface area (Å²) in [5.41, 5.74) is 6.40. The van der Waals surface area contributed by atoms with Gasteiger partial charge in [0.05, 0.1) is 25.3 Å². The van der Waals surface area contributed by atoms with Crippen LogP contribution in [0.25, 0.3) is 0 Å². The fourth-order valence-corrected chi connectivity index (χ4v) is 1.49. The zero-order chi connectivity index (χ0) is 15.7. The van der Waals surface area contributed by atoms with Crippen molar-refractivity contribution in [3.8, 4) is 0 Å². The smallest absolute Gasteiger partial charge is 0.338 e. The average Bonchev–Trinajstić information content (AvgIpc) is 2.51. The molecule has 0 bridgehead atoms. The number of amides is 2. The van der Waals surface area contributed by atoms with E-state index in [1.165, 1.54) is 0 Å². The molecule has 7 heteroatoms. The van der Waals surface area contributed by atoms with Gasteiger partial charge < -0.3 is 21.1 Å². The number of nitrogens with one attached hydrogen (secondary N) is 2. The molecule has 0 radical (unpaired) electrons. The molecular formula is C14H19N3O4. The topological polar surface area (TPSA) is 111 Å². The van der Waals surface area contributed by atoms with Gasteiger partial charge in [-0.05, 0) is 24.6 Å². The molecule has 21 heavy (non-hydrogen) atoms. The summed E-state index contributed by atoms with van der Waals surface area (Å²) in [5, 5.41) is 5.01. The van der Waals surface area contributed by atoms with E-state index in [0.717, 1.165) is 5.56 Å². The molecule has 1 aromatic rings. The first-order valence-corrected chi connectivity index (χ1v) is 6.56. The molecule has 0 fully saturated rings. The van der Waals surface area contributed by atoms with E-state index in [2.05, 4.69) is 10.6 Å². The summed E-state index contributed by atoms with van der Waals surface area (Å²) in [6.07, 6.45) is 0. The van der Waals surface area contributed by atoms with Crippen LogP contribution in [0.2, 0.25) is 0 Å². The van der Waals surface area contributed by atoms with Crippen LogP contribution >= 0.6 is 0 Å². The van der Waals surface area contributed by atoms with Crippen LogP contribution in [0, 0.1) is 0 Å². The Hall–Kier alpha value is -2.41. The zero-order valence-corrected chi connectivity index (χ0v) is 11.8. The van der Waals surface area contributed by atoms with Gasteiger partial charge in [0.15, 0.2) is 0 Å². The van der Waals surface area contributed by atoms with Gasteiger partial charge in [-0.15, -0.1) is 0 Å². The van der Waals surface area contributed by atoms with E-state index in [0.29, 0.717) is 18.7 Å². The molecule has 7 nitrogen and oxygen atoms in total. The van der Waals surface area contributed by atoms with E-state index < -0.39 is 0 Å². The summed E-state index contributed by atoms with van der Waals surface area (Å²) in [6, 6.07) is 6.72. The van der Waals surface area contributed by atoms with Crippen LogP contribution in [0.15, 0.2) is 24.3 Å². The third-order valence-corrected chi connectivity index (χ3v) is 2.59. The molecular weight excluding hydrogens is 274 g/mol. The van der Waals surface area contributed by atoms with Gasteiger partial charge >= 0.3 is 5.97 Å². The maximum Gasteiger partial charge on any atom is 0.338 e. The van der Waals surface area contributed by atoms with Crippen molar-refractivity contribution < 1.29 is 19.1 Å². The van der Waals surface area contributed by atoms with Gasteiger partial charge in [-0.25, -0.2) is 4.79 Å². The van der Waals surface area contributed by atoms with E-state index in [9.17, 15) is 14.4 Å². The standard InChI is InChI=1S/C14H19N3O4/c1-2-21-14(20)11-5-3-10(4-6-11)8-16-13(19)9-17-12(18)7-15/h3-6H,2,7-9,15H2,1H3,(H,16,19)(H,17,18). The monoisotopic (exact) mass is 293 g/mol. The Bertz CT molecular complexity index is 499. The number of hydrogen-bond donors (Lipinski definition) is 3. The van der Waals surface area contributed by atoms with E-state index in [1.807, 2.05) is 0 Å². The highest BCUT2D eigenvalue weighted by Crippen LogP contribution is 2.05. The second kappa shape index (κ2) is 8.70. The normalized spacial score (nSPS) is 9.81. The van der Waals surface area contributed by atoms with E-state index in [4.69, 9.17) is 10.5 Å². The second-order valence-corrected chi connectivity index (χ2v) is 4.17. The Morgan fingerprint density at radius 3 is 2.33 bits per heavy atom. The largest absolute Gasteiger partial charge is 0.462 e. The molecule has 0 heterocycles. The Morgan fingerprint density at radius 1 is 1.10 bits per heavy atom. The molecule has 0 saturated heterocycles. The number of carbonyl (C=O) groups excluding carboxylic acids is 3. The fourth-order valence-electron chi connectivity index (χ4n) is 1.49. The number of nitrogens with two attached hydrogens (primary N) is 1. The molecule has 114 valence electrons. The lowest BCUT2D eigenvalue weighted by Gasteiger charge is -2.07. The van der Waals surface area contributed by atoms with Gasteiger partial charge in [0.2, 0.25) is 11.8 Å². The van der Waals surface area contributed by atoms with E-state index in [-0.39, 0.29) is 30.9 Å². The van der Waals surface area contributed by atoms with E-state index in [1.54, 1.807) is 31.2 Å². The number of rotatable bonds is 7. The van der Waals surface area contributed by atoms with Crippen molar-refractivity contribution in [2.24, 2.45) is 5.73 Å². The zero-order valence-electron chi connectivity index (χ0n) is 11.8. The lowest BCUT2D eigenvalue weighted by molar-refractivity contribution is -0.125. The molecule has 0 aliphatic rings. The van der Waals surface area contributed by atoms with Gasteiger partial charge in [0, 0.05) is 6.54 Å². The Morgan fingerprint density at radius 2 is 1.76 bits per heavy atom. The van der Waals surface area contributed by atoms with Crippen LogP contribution in [0.5, 0.6) is 0 Å².